The van der Waals surface area contributed by atoms with Crippen molar-refractivity contribution >= 4 is 11.8 Å². The van der Waals surface area contributed by atoms with Crippen molar-refractivity contribution in [3.8, 4) is 0 Å². The molecule has 0 spiro atoms. The van der Waals surface area contributed by atoms with Crippen LogP contribution >= 0.6 is 0 Å². The number of imidazole rings is 1. The van der Waals surface area contributed by atoms with Gasteiger partial charge in [0.2, 0.25) is 0 Å². The van der Waals surface area contributed by atoms with Crippen molar-refractivity contribution in [1.82, 2.24) is 25.4 Å². The van der Waals surface area contributed by atoms with E-state index in [1.54, 1.807) is 43.0 Å². The molecule has 0 radical (unpaired) electrons. The third-order valence-corrected chi connectivity index (χ3v) is 3.27. The Morgan fingerprint density at radius 2 is 1.87 bits per heavy atom. The molecule has 0 aliphatic heterocycles. The fourth-order valence-corrected chi connectivity index (χ4v) is 2.08. The summed E-state index contributed by atoms with van der Waals surface area (Å²) in [7, 11) is 0. The standard InChI is InChI=1S/C16H15N5O2/c22-15(19-20-16(23)14-2-1-7-18-14)13-5-3-12(4-6-13)10-21-9-8-17-11-21/h1-9,11,18H,10H2,(H,19,22)(H,20,23). The molecule has 2 amide bonds. The predicted octanol–water partition coefficient (Wildman–Crippen LogP) is 1.33. The van der Waals surface area contributed by atoms with Gasteiger partial charge in [-0.05, 0) is 29.8 Å². The zero-order valence-corrected chi connectivity index (χ0v) is 12.2. The number of nitrogens with one attached hydrogen (secondary N) is 3. The van der Waals surface area contributed by atoms with Gasteiger partial charge >= 0.3 is 0 Å². The highest BCUT2D eigenvalue weighted by Crippen LogP contribution is 2.06. The van der Waals surface area contributed by atoms with Crippen LogP contribution in [0.4, 0.5) is 0 Å². The summed E-state index contributed by atoms with van der Waals surface area (Å²) in [6.45, 7) is 0.686. The summed E-state index contributed by atoms with van der Waals surface area (Å²) >= 11 is 0. The first-order valence-corrected chi connectivity index (χ1v) is 7.01. The van der Waals surface area contributed by atoms with Gasteiger partial charge in [-0.2, -0.15) is 0 Å². The van der Waals surface area contributed by atoms with Crippen molar-refractivity contribution in [2.24, 2.45) is 0 Å². The Morgan fingerprint density at radius 3 is 2.52 bits per heavy atom. The molecule has 2 heterocycles. The number of nitrogens with zero attached hydrogens (tertiary/aromatic N) is 2. The van der Waals surface area contributed by atoms with Crippen LogP contribution in [0.2, 0.25) is 0 Å². The lowest BCUT2D eigenvalue weighted by Gasteiger charge is -2.07. The Kier molecular flexibility index (Phi) is 4.19. The third kappa shape index (κ3) is 3.65. The Bertz CT molecular complexity index is 777. The second-order valence-corrected chi connectivity index (χ2v) is 4.92. The zero-order chi connectivity index (χ0) is 16.1. The molecule has 3 aromatic rings. The van der Waals surface area contributed by atoms with Crippen molar-refractivity contribution in [2.75, 3.05) is 0 Å². The Balaban J connectivity index is 1.56. The number of hydrazine groups is 1. The van der Waals surface area contributed by atoms with E-state index < -0.39 is 5.91 Å². The summed E-state index contributed by atoms with van der Waals surface area (Å²) in [5.41, 5.74) is 6.62. The number of hydrogen-bond donors (Lipinski definition) is 3. The van der Waals surface area contributed by atoms with Crippen LogP contribution in [0, 0.1) is 0 Å². The topological polar surface area (TPSA) is 91.8 Å². The molecule has 0 saturated heterocycles. The fourth-order valence-electron chi connectivity index (χ4n) is 2.08. The van der Waals surface area contributed by atoms with Crippen molar-refractivity contribution in [3.05, 3.63) is 78.1 Å². The number of aromatic amines is 1. The number of aromatic nitrogens is 3. The summed E-state index contributed by atoms with van der Waals surface area (Å²) < 4.78 is 1.94. The molecule has 7 nitrogen and oxygen atoms in total. The first-order chi connectivity index (χ1) is 11.2. The number of benzene rings is 1. The van der Waals surface area contributed by atoms with E-state index in [9.17, 15) is 9.59 Å². The summed E-state index contributed by atoms with van der Waals surface area (Å²) in [5.74, 6) is -0.779. The Hall–Kier alpha value is -3.35. The molecule has 0 aliphatic rings. The molecular formula is C16H15N5O2. The van der Waals surface area contributed by atoms with Crippen molar-refractivity contribution in [2.45, 2.75) is 6.54 Å². The number of rotatable bonds is 4. The van der Waals surface area contributed by atoms with Crippen LogP contribution in [0.25, 0.3) is 0 Å². The minimum atomic E-state index is -0.403. The highest BCUT2D eigenvalue weighted by atomic mass is 16.2. The highest BCUT2D eigenvalue weighted by molar-refractivity contribution is 5.98. The van der Waals surface area contributed by atoms with Gasteiger partial charge in [0.25, 0.3) is 11.8 Å². The number of carbonyl (C=O) groups is 2. The molecule has 0 fully saturated rings. The van der Waals surface area contributed by atoms with Crippen LogP contribution in [-0.4, -0.2) is 26.3 Å². The molecule has 1 aromatic carbocycles. The van der Waals surface area contributed by atoms with Crippen LogP contribution in [0.1, 0.15) is 26.4 Å². The molecule has 2 aromatic heterocycles. The SMILES string of the molecule is O=C(NNC(=O)c1ccc[nH]1)c1ccc(Cn2ccnc2)cc1. The van der Waals surface area contributed by atoms with E-state index in [1.165, 1.54) is 0 Å². The average molecular weight is 309 g/mol. The summed E-state index contributed by atoms with van der Waals surface area (Å²) in [6, 6.07) is 10.5. The summed E-state index contributed by atoms with van der Waals surface area (Å²) in [5, 5.41) is 0. The number of amides is 2. The lowest BCUT2D eigenvalue weighted by atomic mass is 10.1. The van der Waals surface area contributed by atoms with E-state index in [0.717, 1.165) is 5.56 Å². The largest absolute Gasteiger partial charge is 0.357 e. The summed E-state index contributed by atoms with van der Waals surface area (Å²) in [6.07, 6.45) is 6.96. The van der Waals surface area contributed by atoms with Gasteiger partial charge < -0.3 is 9.55 Å². The minimum Gasteiger partial charge on any atom is -0.357 e. The van der Waals surface area contributed by atoms with Gasteiger partial charge in [-0.3, -0.25) is 20.4 Å². The van der Waals surface area contributed by atoms with Crippen LogP contribution in [0.5, 0.6) is 0 Å². The molecule has 7 heteroatoms. The lowest BCUT2D eigenvalue weighted by molar-refractivity contribution is 0.0844. The molecule has 0 unspecified atom stereocenters. The molecule has 23 heavy (non-hydrogen) atoms. The molecule has 3 N–H and O–H groups in total. The zero-order valence-electron chi connectivity index (χ0n) is 12.2. The highest BCUT2D eigenvalue weighted by Gasteiger charge is 2.09. The van der Waals surface area contributed by atoms with Crippen LogP contribution < -0.4 is 10.9 Å². The maximum absolute atomic E-state index is 12.0. The molecule has 3 rings (SSSR count). The van der Waals surface area contributed by atoms with E-state index in [-0.39, 0.29) is 5.91 Å². The second kappa shape index (κ2) is 6.61. The third-order valence-electron chi connectivity index (χ3n) is 3.27. The van der Waals surface area contributed by atoms with Crippen LogP contribution in [0.15, 0.2) is 61.3 Å². The average Bonchev–Trinajstić information content (AvgIpc) is 3.26. The van der Waals surface area contributed by atoms with Crippen molar-refractivity contribution in [3.63, 3.8) is 0 Å². The van der Waals surface area contributed by atoms with Gasteiger partial charge in [-0.15, -0.1) is 0 Å². The van der Waals surface area contributed by atoms with Gasteiger partial charge in [0.15, 0.2) is 0 Å². The summed E-state index contributed by atoms with van der Waals surface area (Å²) in [4.78, 5) is 30.4. The molecule has 116 valence electrons. The number of carbonyl (C=O) groups excluding carboxylic acids is 2. The number of H-pyrrole nitrogens is 1. The smallest absolute Gasteiger partial charge is 0.286 e. The van der Waals surface area contributed by atoms with E-state index >= 15 is 0 Å². The second-order valence-electron chi connectivity index (χ2n) is 4.92. The Labute approximate surface area is 132 Å². The molecule has 0 aliphatic carbocycles. The van der Waals surface area contributed by atoms with Gasteiger partial charge in [-0.25, -0.2) is 4.98 Å². The van der Waals surface area contributed by atoms with Gasteiger partial charge in [0.1, 0.15) is 5.69 Å². The van der Waals surface area contributed by atoms with Gasteiger partial charge in [0.05, 0.1) is 6.33 Å². The van der Waals surface area contributed by atoms with Crippen LogP contribution in [0.3, 0.4) is 0 Å². The van der Waals surface area contributed by atoms with Crippen molar-refractivity contribution < 1.29 is 9.59 Å². The maximum atomic E-state index is 12.0. The van der Waals surface area contributed by atoms with E-state index in [0.29, 0.717) is 17.8 Å². The van der Waals surface area contributed by atoms with E-state index in [1.807, 2.05) is 22.9 Å². The normalized spacial score (nSPS) is 10.3. The van der Waals surface area contributed by atoms with Gasteiger partial charge in [-0.1, -0.05) is 12.1 Å². The molecule has 0 bridgehead atoms. The van der Waals surface area contributed by atoms with E-state index in [2.05, 4.69) is 20.8 Å². The first-order valence-electron chi connectivity index (χ1n) is 7.01. The predicted molar refractivity (Wildman–Crippen MR) is 83.5 cm³/mol. The monoisotopic (exact) mass is 309 g/mol. The quantitative estimate of drug-likeness (QED) is 0.635. The van der Waals surface area contributed by atoms with E-state index in [4.69, 9.17) is 0 Å². The fraction of sp³-hybridized carbons (Fsp3) is 0.0625. The molecule has 0 atom stereocenters. The van der Waals surface area contributed by atoms with Crippen molar-refractivity contribution in [1.29, 1.82) is 0 Å². The lowest BCUT2D eigenvalue weighted by Crippen LogP contribution is -2.41. The van der Waals surface area contributed by atoms with Crippen LogP contribution in [-0.2, 0) is 6.54 Å². The molecule has 0 saturated carbocycles. The maximum Gasteiger partial charge on any atom is 0.286 e. The molecular weight excluding hydrogens is 294 g/mol. The van der Waals surface area contributed by atoms with Gasteiger partial charge in [0, 0.05) is 30.7 Å². The first kappa shape index (κ1) is 14.6. The minimum absolute atomic E-state index is 0.376. The number of hydrogen-bond acceptors (Lipinski definition) is 3. The Morgan fingerprint density at radius 1 is 1.09 bits per heavy atom.